The largest absolute Gasteiger partial charge is 0.288 e. The van der Waals surface area contributed by atoms with Crippen LogP contribution in [0.25, 0.3) is 11.3 Å². The molecule has 0 amide bonds. The Bertz CT molecular complexity index is 577. The Morgan fingerprint density at radius 3 is 2.72 bits per heavy atom. The van der Waals surface area contributed by atoms with Crippen molar-refractivity contribution in [3.05, 3.63) is 42.1 Å². The molecule has 90 valence electrons. The molecule has 0 aliphatic carbocycles. The molecule has 1 aromatic heterocycles. The van der Waals surface area contributed by atoms with Crippen molar-refractivity contribution in [3.8, 4) is 23.1 Å². The lowest BCUT2D eigenvalue weighted by Gasteiger charge is -1.96. The molecule has 0 saturated heterocycles. The molecule has 1 N–H and O–H groups in total. The first kappa shape index (κ1) is 12.5. The molecule has 1 aromatic carbocycles. The minimum atomic E-state index is 0.0962. The molecule has 0 bridgehead atoms. The lowest BCUT2D eigenvalue weighted by Crippen LogP contribution is -1.83. The summed E-state index contributed by atoms with van der Waals surface area (Å²) in [7, 11) is 0. The van der Waals surface area contributed by atoms with Crippen LogP contribution in [-0.2, 0) is 4.79 Å². The summed E-state index contributed by atoms with van der Waals surface area (Å²) in [5.74, 6) is 6.52. The Hall–Kier alpha value is -1.99. The quantitative estimate of drug-likeness (QED) is 0.840. The van der Waals surface area contributed by atoms with Crippen molar-refractivity contribution in [2.24, 2.45) is 0 Å². The Morgan fingerprint density at radius 2 is 2.11 bits per heavy atom. The molecule has 0 radical (unpaired) electrons. The highest BCUT2D eigenvalue weighted by molar-refractivity contribution is 8.13. The second-order valence-electron chi connectivity index (χ2n) is 3.63. The average molecular weight is 256 g/mol. The van der Waals surface area contributed by atoms with Gasteiger partial charge in [-0.1, -0.05) is 35.7 Å². The van der Waals surface area contributed by atoms with Gasteiger partial charge in [-0.3, -0.25) is 9.89 Å². The number of nitrogens with one attached hydrogen (secondary N) is 1. The highest BCUT2D eigenvalue weighted by atomic mass is 32.2. The van der Waals surface area contributed by atoms with Crippen LogP contribution >= 0.6 is 11.8 Å². The third kappa shape index (κ3) is 3.51. The number of hydrogen-bond acceptors (Lipinski definition) is 3. The van der Waals surface area contributed by atoms with Crippen LogP contribution in [0, 0.1) is 11.8 Å². The van der Waals surface area contributed by atoms with E-state index in [0.717, 1.165) is 16.8 Å². The van der Waals surface area contributed by atoms with E-state index in [9.17, 15) is 4.79 Å². The molecule has 2 aromatic rings. The van der Waals surface area contributed by atoms with Crippen LogP contribution in [0.5, 0.6) is 0 Å². The first-order valence-corrected chi connectivity index (χ1v) is 6.46. The number of carbonyl (C=O) groups excluding carboxylic acids is 1. The van der Waals surface area contributed by atoms with Crippen molar-refractivity contribution in [3.63, 3.8) is 0 Å². The van der Waals surface area contributed by atoms with E-state index in [1.165, 1.54) is 11.8 Å². The molecule has 0 fully saturated rings. The number of rotatable bonds is 2. The van der Waals surface area contributed by atoms with Crippen LogP contribution in [0.1, 0.15) is 12.5 Å². The van der Waals surface area contributed by atoms with Gasteiger partial charge in [-0.05, 0) is 23.8 Å². The van der Waals surface area contributed by atoms with E-state index in [1.54, 1.807) is 13.1 Å². The second-order valence-corrected chi connectivity index (χ2v) is 4.78. The van der Waals surface area contributed by atoms with E-state index >= 15 is 0 Å². The van der Waals surface area contributed by atoms with Crippen LogP contribution in [0.15, 0.2) is 36.5 Å². The fourth-order valence-electron chi connectivity index (χ4n) is 1.43. The summed E-state index contributed by atoms with van der Waals surface area (Å²) >= 11 is 1.23. The number of hydrogen-bond donors (Lipinski definition) is 1. The lowest BCUT2D eigenvalue weighted by atomic mass is 10.1. The van der Waals surface area contributed by atoms with Crippen LogP contribution in [0.4, 0.5) is 0 Å². The van der Waals surface area contributed by atoms with Crippen molar-refractivity contribution in [1.82, 2.24) is 10.2 Å². The molecule has 0 saturated carbocycles. The number of carbonyl (C=O) groups is 1. The number of thioether (sulfide) groups is 1. The van der Waals surface area contributed by atoms with Gasteiger partial charge in [-0.25, -0.2) is 0 Å². The number of benzene rings is 1. The van der Waals surface area contributed by atoms with Crippen LogP contribution in [-0.4, -0.2) is 21.1 Å². The zero-order chi connectivity index (χ0) is 12.8. The zero-order valence-corrected chi connectivity index (χ0v) is 10.8. The van der Waals surface area contributed by atoms with Crippen molar-refractivity contribution in [2.75, 3.05) is 5.75 Å². The summed E-state index contributed by atoms with van der Waals surface area (Å²) in [6, 6.07) is 9.83. The van der Waals surface area contributed by atoms with Crippen LogP contribution < -0.4 is 0 Å². The molecule has 18 heavy (non-hydrogen) atoms. The SMILES string of the molecule is CC(=O)SCC#Cc1ccc(-c2ccn[nH]2)cc1. The minimum absolute atomic E-state index is 0.0962. The molecule has 0 aliphatic heterocycles. The standard InChI is InChI=1S/C14H12N2OS/c1-11(17)18-10-2-3-12-4-6-13(7-5-12)14-8-9-15-16-14/h4-9H,10H2,1H3,(H,15,16). The maximum atomic E-state index is 10.7. The summed E-state index contributed by atoms with van der Waals surface area (Å²) in [6.07, 6.45) is 1.72. The molecule has 4 heteroatoms. The van der Waals surface area contributed by atoms with Gasteiger partial charge < -0.3 is 0 Å². The fourth-order valence-corrected chi connectivity index (χ4v) is 1.77. The first-order chi connectivity index (χ1) is 8.75. The topological polar surface area (TPSA) is 45.8 Å². The molecule has 0 unspecified atom stereocenters. The van der Waals surface area contributed by atoms with E-state index in [-0.39, 0.29) is 5.12 Å². The highest BCUT2D eigenvalue weighted by Gasteiger charge is 1.97. The third-order valence-corrected chi connectivity index (χ3v) is 2.97. The van der Waals surface area contributed by atoms with Crippen LogP contribution in [0.2, 0.25) is 0 Å². The minimum Gasteiger partial charge on any atom is -0.288 e. The third-order valence-electron chi connectivity index (χ3n) is 2.28. The van der Waals surface area contributed by atoms with Gasteiger partial charge in [0.1, 0.15) is 0 Å². The highest BCUT2D eigenvalue weighted by Crippen LogP contribution is 2.16. The van der Waals surface area contributed by atoms with E-state index in [2.05, 4.69) is 22.0 Å². The summed E-state index contributed by atoms with van der Waals surface area (Å²) in [5, 5.41) is 6.92. The number of nitrogens with zero attached hydrogens (tertiary/aromatic N) is 1. The molecule has 1 heterocycles. The normalized spacial score (nSPS) is 9.61. The lowest BCUT2D eigenvalue weighted by molar-refractivity contribution is -0.109. The van der Waals surface area contributed by atoms with Gasteiger partial charge in [-0.15, -0.1) is 0 Å². The van der Waals surface area contributed by atoms with Gasteiger partial charge in [-0.2, -0.15) is 5.10 Å². The fraction of sp³-hybridized carbons (Fsp3) is 0.143. The Labute approximate surface area is 110 Å². The number of aromatic nitrogens is 2. The smallest absolute Gasteiger partial charge is 0.186 e. The summed E-state index contributed by atoms with van der Waals surface area (Å²) in [4.78, 5) is 10.7. The van der Waals surface area contributed by atoms with Gasteiger partial charge in [0.25, 0.3) is 0 Å². The van der Waals surface area contributed by atoms with E-state index in [0.29, 0.717) is 5.75 Å². The molecule has 2 rings (SSSR count). The van der Waals surface area contributed by atoms with Crippen molar-refractivity contribution >= 4 is 16.9 Å². The predicted octanol–water partition coefficient (Wildman–Crippen LogP) is 2.71. The molecule has 0 atom stereocenters. The second kappa shape index (κ2) is 6.08. The molecule has 3 nitrogen and oxygen atoms in total. The zero-order valence-electron chi connectivity index (χ0n) is 9.93. The van der Waals surface area contributed by atoms with Gasteiger partial charge in [0, 0.05) is 18.7 Å². The number of aromatic amines is 1. The van der Waals surface area contributed by atoms with Gasteiger partial charge >= 0.3 is 0 Å². The van der Waals surface area contributed by atoms with E-state index in [1.807, 2.05) is 30.3 Å². The van der Waals surface area contributed by atoms with Gasteiger partial charge in [0.2, 0.25) is 0 Å². The number of H-pyrrole nitrogens is 1. The van der Waals surface area contributed by atoms with Crippen molar-refractivity contribution in [1.29, 1.82) is 0 Å². The first-order valence-electron chi connectivity index (χ1n) is 5.48. The summed E-state index contributed by atoms with van der Waals surface area (Å²) in [5.41, 5.74) is 3.01. The molecule has 0 aliphatic rings. The Morgan fingerprint density at radius 1 is 1.33 bits per heavy atom. The van der Waals surface area contributed by atoms with Crippen molar-refractivity contribution < 1.29 is 4.79 Å². The monoisotopic (exact) mass is 256 g/mol. The summed E-state index contributed by atoms with van der Waals surface area (Å²) in [6.45, 7) is 1.55. The average Bonchev–Trinajstić information content (AvgIpc) is 2.89. The maximum absolute atomic E-state index is 10.7. The summed E-state index contributed by atoms with van der Waals surface area (Å²) < 4.78 is 0. The molecular weight excluding hydrogens is 244 g/mol. The van der Waals surface area contributed by atoms with Gasteiger partial charge in [0.05, 0.1) is 11.4 Å². The van der Waals surface area contributed by atoms with Crippen molar-refractivity contribution in [2.45, 2.75) is 6.92 Å². The van der Waals surface area contributed by atoms with Gasteiger partial charge in [0.15, 0.2) is 5.12 Å². The maximum Gasteiger partial charge on any atom is 0.186 e. The Kier molecular flexibility index (Phi) is 4.21. The predicted molar refractivity (Wildman–Crippen MR) is 74.0 cm³/mol. The van der Waals surface area contributed by atoms with E-state index in [4.69, 9.17) is 0 Å². The molecular formula is C14H12N2OS. The van der Waals surface area contributed by atoms with Crippen LogP contribution in [0.3, 0.4) is 0 Å². The Balaban J connectivity index is 2.02. The molecule has 0 spiro atoms. The van der Waals surface area contributed by atoms with E-state index < -0.39 is 0 Å².